The first-order chi connectivity index (χ1) is 7.61. The minimum absolute atomic E-state index is 0.0332. The van der Waals surface area contributed by atoms with Crippen molar-refractivity contribution in [2.24, 2.45) is 0 Å². The molecule has 2 rings (SSSR count). The van der Waals surface area contributed by atoms with E-state index in [9.17, 15) is 14.9 Å². The molecule has 0 spiro atoms. The second-order valence-corrected chi connectivity index (χ2v) is 3.32. The molecule has 0 saturated heterocycles. The fraction of sp³-hybridized carbons (Fsp3) is 0.200. The lowest BCUT2D eigenvalue weighted by Crippen LogP contribution is -2.14. The molecule has 0 bridgehead atoms. The van der Waals surface area contributed by atoms with Crippen molar-refractivity contribution in [3.63, 3.8) is 0 Å². The van der Waals surface area contributed by atoms with Gasteiger partial charge in [0, 0.05) is 12.1 Å². The second-order valence-electron chi connectivity index (χ2n) is 3.32. The molecule has 1 heterocycles. The summed E-state index contributed by atoms with van der Waals surface area (Å²) in [7, 11) is 0. The van der Waals surface area contributed by atoms with Gasteiger partial charge in [-0.1, -0.05) is 6.92 Å². The van der Waals surface area contributed by atoms with Crippen molar-refractivity contribution >= 4 is 16.7 Å². The van der Waals surface area contributed by atoms with Crippen molar-refractivity contribution < 1.29 is 4.92 Å². The number of nitrogens with zero attached hydrogens (tertiary/aromatic N) is 2. The molecular weight excluding hydrogens is 210 g/mol. The van der Waals surface area contributed by atoms with Crippen LogP contribution in [0.4, 0.5) is 5.69 Å². The molecule has 0 fully saturated rings. The fourth-order valence-electron chi connectivity index (χ4n) is 1.46. The molecule has 1 aromatic carbocycles. The number of fused-ring (bicyclic) bond motifs is 1. The number of nitro benzene ring substituents is 1. The number of hydrogen-bond donors (Lipinski definition) is 1. The number of nitrogens with one attached hydrogen (secondary N) is 1. The first-order valence-corrected chi connectivity index (χ1v) is 4.79. The molecule has 82 valence electrons. The van der Waals surface area contributed by atoms with Crippen molar-refractivity contribution in [2.75, 3.05) is 0 Å². The Labute approximate surface area is 90.1 Å². The van der Waals surface area contributed by atoms with Crippen LogP contribution in [0.2, 0.25) is 0 Å². The predicted molar refractivity (Wildman–Crippen MR) is 58.4 cm³/mol. The van der Waals surface area contributed by atoms with Gasteiger partial charge in [-0.2, -0.15) is 0 Å². The second kappa shape index (κ2) is 3.73. The summed E-state index contributed by atoms with van der Waals surface area (Å²) in [5.41, 5.74) is 1.05. The van der Waals surface area contributed by atoms with E-state index in [4.69, 9.17) is 0 Å². The third-order valence-corrected chi connectivity index (χ3v) is 2.29. The highest BCUT2D eigenvalue weighted by Crippen LogP contribution is 2.16. The van der Waals surface area contributed by atoms with Gasteiger partial charge in [0.05, 0.1) is 16.0 Å². The number of hydrogen-bond acceptors (Lipinski definition) is 4. The van der Waals surface area contributed by atoms with Gasteiger partial charge in [0.2, 0.25) is 0 Å². The third-order valence-electron chi connectivity index (χ3n) is 2.29. The van der Waals surface area contributed by atoms with Crippen LogP contribution in [0, 0.1) is 10.1 Å². The summed E-state index contributed by atoms with van der Waals surface area (Å²) in [4.78, 5) is 28.2. The van der Waals surface area contributed by atoms with Crippen LogP contribution in [-0.2, 0) is 6.42 Å². The molecule has 0 amide bonds. The largest absolute Gasteiger partial charge is 0.319 e. The van der Waals surface area contributed by atoms with Gasteiger partial charge in [0.25, 0.3) is 11.2 Å². The van der Waals surface area contributed by atoms with Gasteiger partial charge < -0.3 is 4.98 Å². The Kier molecular flexibility index (Phi) is 2.40. The minimum Gasteiger partial charge on any atom is -0.319 e. The highest BCUT2D eigenvalue weighted by molar-refractivity contribution is 5.76. The van der Waals surface area contributed by atoms with Gasteiger partial charge in [-0.25, -0.2) is 4.98 Å². The molecule has 0 unspecified atom stereocenters. The first kappa shape index (κ1) is 10.3. The van der Waals surface area contributed by atoms with E-state index in [1.165, 1.54) is 18.2 Å². The van der Waals surface area contributed by atoms with E-state index in [-0.39, 0.29) is 11.2 Å². The molecule has 0 radical (unpaired) electrons. The number of aromatic amines is 1. The molecule has 2 aromatic rings. The molecule has 1 aromatic heterocycles. The van der Waals surface area contributed by atoms with Crippen molar-refractivity contribution in [3.8, 4) is 0 Å². The lowest BCUT2D eigenvalue weighted by molar-refractivity contribution is -0.384. The molecule has 0 atom stereocenters. The zero-order chi connectivity index (χ0) is 11.7. The number of aromatic nitrogens is 2. The normalized spacial score (nSPS) is 10.6. The number of non-ortho nitro benzene ring substituents is 1. The molecule has 0 aliphatic rings. The smallest absolute Gasteiger partial charge is 0.271 e. The van der Waals surface area contributed by atoms with Crippen LogP contribution >= 0.6 is 0 Å². The maximum absolute atomic E-state index is 11.4. The highest BCUT2D eigenvalue weighted by atomic mass is 16.6. The number of aryl methyl sites for hydroxylation is 1. The highest BCUT2D eigenvalue weighted by Gasteiger charge is 2.08. The first-order valence-electron chi connectivity index (χ1n) is 4.79. The van der Waals surface area contributed by atoms with Gasteiger partial charge in [-0.15, -0.1) is 0 Å². The van der Waals surface area contributed by atoms with E-state index in [2.05, 4.69) is 9.97 Å². The van der Waals surface area contributed by atoms with Crippen molar-refractivity contribution in [2.45, 2.75) is 13.3 Å². The Morgan fingerprint density at radius 2 is 2.25 bits per heavy atom. The standard InChI is InChI=1S/C10H9N3O3/c1-2-7-10(14)12-8-4-3-6(13(15)16)5-9(8)11-7/h3-5H,2H2,1H3,(H,12,14). The van der Waals surface area contributed by atoms with Crippen molar-refractivity contribution in [1.82, 2.24) is 9.97 Å². The van der Waals surface area contributed by atoms with Crippen LogP contribution in [0.1, 0.15) is 12.6 Å². The number of nitro groups is 1. The molecule has 1 N–H and O–H groups in total. The summed E-state index contributed by atoms with van der Waals surface area (Å²) in [5.74, 6) is 0. The average Bonchev–Trinajstić information content (AvgIpc) is 2.27. The summed E-state index contributed by atoms with van der Waals surface area (Å²) in [6.45, 7) is 1.81. The minimum atomic E-state index is -0.488. The van der Waals surface area contributed by atoms with Gasteiger partial charge in [-0.3, -0.25) is 14.9 Å². The maximum atomic E-state index is 11.4. The number of benzene rings is 1. The third kappa shape index (κ3) is 1.65. The Bertz CT molecular complexity index is 618. The fourth-order valence-corrected chi connectivity index (χ4v) is 1.46. The number of rotatable bonds is 2. The molecular formula is C10H9N3O3. The molecule has 0 aliphatic heterocycles. The maximum Gasteiger partial charge on any atom is 0.271 e. The molecule has 0 saturated carbocycles. The summed E-state index contributed by atoms with van der Waals surface area (Å²) < 4.78 is 0. The van der Waals surface area contributed by atoms with E-state index < -0.39 is 4.92 Å². The van der Waals surface area contributed by atoms with Crippen LogP contribution in [0.5, 0.6) is 0 Å². The van der Waals surface area contributed by atoms with Crippen molar-refractivity contribution in [3.05, 3.63) is 44.4 Å². The van der Waals surface area contributed by atoms with Gasteiger partial charge >= 0.3 is 0 Å². The van der Waals surface area contributed by atoms with Crippen LogP contribution in [0.3, 0.4) is 0 Å². The summed E-state index contributed by atoms with van der Waals surface area (Å²) in [6.07, 6.45) is 0.494. The topological polar surface area (TPSA) is 88.9 Å². The quantitative estimate of drug-likeness (QED) is 0.610. The van der Waals surface area contributed by atoms with Crippen LogP contribution < -0.4 is 5.56 Å². The van der Waals surface area contributed by atoms with E-state index in [0.29, 0.717) is 23.1 Å². The Hall–Kier alpha value is -2.24. The van der Waals surface area contributed by atoms with Crippen LogP contribution in [-0.4, -0.2) is 14.9 Å². The van der Waals surface area contributed by atoms with E-state index in [1.54, 1.807) is 6.92 Å². The summed E-state index contributed by atoms with van der Waals surface area (Å²) in [6, 6.07) is 4.18. The van der Waals surface area contributed by atoms with Crippen LogP contribution in [0.25, 0.3) is 11.0 Å². The van der Waals surface area contributed by atoms with E-state index >= 15 is 0 Å². The Morgan fingerprint density at radius 1 is 1.50 bits per heavy atom. The lowest BCUT2D eigenvalue weighted by Gasteiger charge is -1.99. The Balaban J connectivity index is 2.73. The molecule has 0 aliphatic carbocycles. The lowest BCUT2D eigenvalue weighted by atomic mass is 10.2. The number of H-pyrrole nitrogens is 1. The van der Waals surface area contributed by atoms with Crippen LogP contribution in [0.15, 0.2) is 23.0 Å². The van der Waals surface area contributed by atoms with Gasteiger partial charge in [-0.05, 0) is 12.5 Å². The Morgan fingerprint density at radius 3 is 2.88 bits per heavy atom. The van der Waals surface area contributed by atoms with E-state index in [0.717, 1.165) is 0 Å². The monoisotopic (exact) mass is 219 g/mol. The zero-order valence-electron chi connectivity index (χ0n) is 8.56. The summed E-state index contributed by atoms with van der Waals surface area (Å²) in [5, 5.41) is 10.6. The average molecular weight is 219 g/mol. The van der Waals surface area contributed by atoms with E-state index in [1.807, 2.05) is 0 Å². The van der Waals surface area contributed by atoms with Crippen molar-refractivity contribution in [1.29, 1.82) is 0 Å². The van der Waals surface area contributed by atoms with Gasteiger partial charge in [0.1, 0.15) is 5.69 Å². The summed E-state index contributed by atoms with van der Waals surface area (Å²) >= 11 is 0. The predicted octanol–water partition coefficient (Wildman–Crippen LogP) is 1.39. The molecule has 16 heavy (non-hydrogen) atoms. The zero-order valence-corrected chi connectivity index (χ0v) is 8.56. The molecule has 6 nitrogen and oxygen atoms in total. The SMILES string of the molecule is CCc1nc2cc([N+](=O)[O-])ccc2[nH]c1=O. The molecule has 6 heteroatoms. The van der Waals surface area contributed by atoms with Gasteiger partial charge in [0.15, 0.2) is 0 Å².